The second kappa shape index (κ2) is 10.9. The molecule has 1 saturated carbocycles. The topological polar surface area (TPSA) is 96.6 Å². The smallest absolute Gasteiger partial charge is 0.279 e. The zero-order valence-corrected chi connectivity index (χ0v) is 23.4. The Labute approximate surface area is 240 Å². The molecule has 1 amide bonds. The fourth-order valence-corrected chi connectivity index (χ4v) is 5.37. The molecule has 13 heteroatoms. The highest BCUT2D eigenvalue weighted by atomic mass is 19.3. The number of carbonyl (C=O) groups excluding carboxylic acids is 1. The fraction of sp³-hybridized carbons (Fsp3) is 0.448. The lowest BCUT2D eigenvalue weighted by molar-refractivity contribution is -0.117. The first kappa shape index (κ1) is 28.0. The number of allylic oxidation sites excluding steroid dienone is 1. The standard InChI is InChI=1S/C29H32F3N7O3/c1-17(42-15-18-14-41-16-29(18,31)32)27(37(3)33-2)23-9-20-10-26(36-39(20)13-24(23)30)35-28(40)22-11-21(22)25-6-5-19(12-34-25)38-7-4-8-38/h5-6,9-10,12-13,18,21-22H,2,4,7-8,11,14-16H2,1,3H3,(H,35,36,40)/b27-17+/t18-,21+,22-/m0/s1. The van der Waals surface area contributed by atoms with E-state index in [-0.39, 0.29) is 53.8 Å². The van der Waals surface area contributed by atoms with Gasteiger partial charge in [-0.15, -0.1) is 5.10 Å². The molecule has 0 radical (unpaired) electrons. The van der Waals surface area contributed by atoms with Gasteiger partial charge in [0, 0.05) is 56.0 Å². The van der Waals surface area contributed by atoms with Crippen LogP contribution in [0, 0.1) is 17.7 Å². The van der Waals surface area contributed by atoms with E-state index in [2.05, 4.69) is 38.2 Å². The van der Waals surface area contributed by atoms with Gasteiger partial charge in [0.25, 0.3) is 5.92 Å². The molecule has 6 rings (SSSR count). The maximum absolute atomic E-state index is 15.4. The van der Waals surface area contributed by atoms with E-state index in [1.807, 2.05) is 12.3 Å². The number of pyridine rings is 2. The highest BCUT2D eigenvalue weighted by molar-refractivity contribution is 5.95. The number of alkyl halides is 2. The molecule has 5 heterocycles. The first-order valence-electron chi connectivity index (χ1n) is 13.9. The molecule has 0 spiro atoms. The van der Waals surface area contributed by atoms with Crippen molar-refractivity contribution in [2.45, 2.75) is 31.6 Å². The van der Waals surface area contributed by atoms with Gasteiger partial charge >= 0.3 is 0 Å². The van der Waals surface area contributed by atoms with Crippen molar-refractivity contribution < 1.29 is 27.4 Å². The van der Waals surface area contributed by atoms with Crippen molar-refractivity contribution >= 4 is 35.3 Å². The number of rotatable bonds is 10. The van der Waals surface area contributed by atoms with Crippen LogP contribution in [-0.4, -0.2) is 78.1 Å². The lowest BCUT2D eigenvalue weighted by atomic mass is 10.1. The molecule has 10 nitrogen and oxygen atoms in total. The lowest BCUT2D eigenvalue weighted by Gasteiger charge is -2.32. The molecule has 3 aliphatic rings. The summed E-state index contributed by atoms with van der Waals surface area (Å²) in [6, 6.07) is 7.19. The second-order valence-corrected chi connectivity index (χ2v) is 11.0. The maximum atomic E-state index is 15.4. The van der Waals surface area contributed by atoms with Gasteiger partial charge < -0.3 is 19.7 Å². The van der Waals surface area contributed by atoms with Crippen molar-refractivity contribution in [3.05, 3.63) is 59.5 Å². The molecule has 0 unspecified atom stereocenters. The van der Waals surface area contributed by atoms with Gasteiger partial charge in [0.2, 0.25) is 5.91 Å². The minimum atomic E-state index is -3.00. The number of hydrazone groups is 1. The number of nitrogens with one attached hydrogen (secondary N) is 1. The summed E-state index contributed by atoms with van der Waals surface area (Å²) in [7, 11) is 1.55. The zero-order chi connectivity index (χ0) is 29.6. The van der Waals surface area contributed by atoms with E-state index in [4.69, 9.17) is 9.47 Å². The molecule has 3 atom stereocenters. The Morgan fingerprint density at radius 3 is 2.79 bits per heavy atom. The number of aromatic nitrogens is 3. The molecule has 3 aromatic heterocycles. The minimum absolute atomic E-state index is 0.0462. The van der Waals surface area contributed by atoms with Crippen LogP contribution in [0.5, 0.6) is 0 Å². The zero-order valence-electron chi connectivity index (χ0n) is 23.4. The van der Waals surface area contributed by atoms with Gasteiger partial charge in [0.15, 0.2) is 11.6 Å². The summed E-state index contributed by atoms with van der Waals surface area (Å²) >= 11 is 0. The van der Waals surface area contributed by atoms with Gasteiger partial charge in [0.05, 0.1) is 42.7 Å². The maximum Gasteiger partial charge on any atom is 0.279 e. The molecule has 2 saturated heterocycles. The van der Waals surface area contributed by atoms with Crippen molar-refractivity contribution in [1.82, 2.24) is 19.6 Å². The van der Waals surface area contributed by atoms with Crippen LogP contribution in [-0.2, 0) is 14.3 Å². The Morgan fingerprint density at radius 1 is 1.33 bits per heavy atom. The summed E-state index contributed by atoms with van der Waals surface area (Å²) in [4.78, 5) is 19.8. The van der Waals surface area contributed by atoms with Crippen molar-refractivity contribution in [1.29, 1.82) is 0 Å². The number of nitrogens with zero attached hydrogens (tertiary/aromatic N) is 6. The summed E-state index contributed by atoms with van der Waals surface area (Å²) in [6.45, 7) is 6.06. The Balaban J connectivity index is 1.16. The van der Waals surface area contributed by atoms with Gasteiger partial charge in [-0.05, 0) is 38.0 Å². The molecule has 0 bridgehead atoms. The van der Waals surface area contributed by atoms with E-state index in [1.165, 1.54) is 28.2 Å². The minimum Gasteiger partial charge on any atom is -0.495 e. The molecule has 2 aliphatic heterocycles. The van der Waals surface area contributed by atoms with E-state index in [9.17, 15) is 13.6 Å². The summed E-state index contributed by atoms with van der Waals surface area (Å²) in [6.07, 6.45) is 4.93. The number of halogens is 3. The van der Waals surface area contributed by atoms with Gasteiger partial charge in [-0.25, -0.2) is 17.7 Å². The lowest BCUT2D eigenvalue weighted by Crippen LogP contribution is -2.36. The highest BCUT2D eigenvalue weighted by Crippen LogP contribution is 2.47. The van der Waals surface area contributed by atoms with E-state index in [0.29, 0.717) is 11.9 Å². The van der Waals surface area contributed by atoms with Crippen LogP contribution in [0.15, 0.2) is 47.5 Å². The predicted molar refractivity (Wildman–Crippen MR) is 151 cm³/mol. The highest BCUT2D eigenvalue weighted by Gasteiger charge is 2.46. The van der Waals surface area contributed by atoms with E-state index >= 15 is 4.39 Å². The average molecular weight is 584 g/mol. The van der Waals surface area contributed by atoms with Gasteiger partial charge in [-0.3, -0.25) is 14.8 Å². The molecule has 3 fully saturated rings. The molecule has 222 valence electrons. The molecule has 3 aromatic rings. The van der Waals surface area contributed by atoms with Crippen molar-refractivity contribution in [3.8, 4) is 0 Å². The third kappa shape index (κ3) is 5.40. The molecular weight excluding hydrogens is 551 g/mol. The third-order valence-corrected chi connectivity index (χ3v) is 8.14. The van der Waals surface area contributed by atoms with Crippen LogP contribution >= 0.6 is 0 Å². The monoisotopic (exact) mass is 583 g/mol. The Morgan fingerprint density at radius 2 is 2.14 bits per heavy atom. The number of fused-ring (bicyclic) bond motifs is 1. The summed E-state index contributed by atoms with van der Waals surface area (Å²) in [5.74, 6) is -4.65. The number of hydrogen-bond acceptors (Lipinski definition) is 8. The van der Waals surface area contributed by atoms with Crippen LogP contribution in [0.3, 0.4) is 0 Å². The predicted octanol–water partition coefficient (Wildman–Crippen LogP) is 4.35. The van der Waals surface area contributed by atoms with Crippen LogP contribution < -0.4 is 10.2 Å². The van der Waals surface area contributed by atoms with Crippen LogP contribution in [0.4, 0.5) is 24.7 Å². The molecule has 1 aliphatic carbocycles. The van der Waals surface area contributed by atoms with Gasteiger partial charge in [0.1, 0.15) is 18.1 Å². The summed E-state index contributed by atoms with van der Waals surface area (Å²) < 4.78 is 55.2. The van der Waals surface area contributed by atoms with Crippen molar-refractivity contribution in [2.24, 2.45) is 16.9 Å². The first-order chi connectivity index (χ1) is 20.1. The van der Waals surface area contributed by atoms with Crippen LogP contribution in [0.2, 0.25) is 0 Å². The average Bonchev–Trinajstić information content (AvgIpc) is 3.53. The van der Waals surface area contributed by atoms with Crippen LogP contribution in [0.1, 0.15) is 36.9 Å². The van der Waals surface area contributed by atoms with Gasteiger partial charge in [-0.1, -0.05) is 0 Å². The Kier molecular flexibility index (Phi) is 7.29. The largest absolute Gasteiger partial charge is 0.495 e. The van der Waals surface area contributed by atoms with E-state index in [0.717, 1.165) is 24.5 Å². The second-order valence-electron chi connectivity index (χ2n) is 11.0. The van der Waals surface area contributed by atoms with Crippen molar-refractivity contribution in [2.75, 3.05) is 50.2 Å². The molecule has 42 heavy (non-hydrogen) atoms. The van der Waals surface area contributed by atoms with E-state index in [1.54, 1.807) is 20.0 Å². The van der Waals surface area contributed by atoms with Gasteiger partial charge in [-0.2, -0.15) is 5.10 Å². The number of anilines is 2. The van der Waals surface area contributed by atoms with Crippen LogP contribution in [0.25, 0.3) is 11.2 Å². The molecule has 1 N–H and O–H groups in total. The molecular formula is C29H32F3N7O3. The molecule has 0 aromatic carbocycles. The van der Waals surface area contributed by atoms with E-state index < -0.39 is 24.3 Å². The summed E-state index contributed by atoms with van der Waals surface area (Å²) in [5.41, 5.74) is 2.81. The normalized spacial score (nSPS) is 23.3. The Bertz CT molecular complexity index is 1540. The first-order valence-corrected chi connectivity index (χ1v) is 13.9. The Hall–Kier alpha value is -4.13. The fourth-order valence-electron chi connectivity index (χ4n) is 5.37. The number of ether oxygens (including phenoxy) is 2. The quantitative estimate of drug-likeness (QED) is 0.215. The third-order valence-electron chi connectivity index (χ3n) is 8.14. The SMILES string of the molecule is C=NN(C)/C(=C(\C)OC[C@@H]1COCC1(F)F)c1cc2cc(NC(=O)[C@H]3C[C@H]3c3ccc(N4CCC4)cn3)nn2cc1F. The summed E-state index contributed by atoms with van der Waals surface area (Å²) in [5, 5.41) is 12.3. The number of carbonyl (C=O) groups is 1. The van der Waals surface area contributed by atoms with Crippen molar-refractivity contribution in [3.63, 3.8) is 0 Å². The number of hydrogen-bond donors (Lipinski definition) is 1. The number of amides is 1.